The van der Waals surface area contributed by atoms with Crippen LogP contribution >= 0.6 is 0 Å². The maximum atomic E-state index is 4.34. The molecular weight excluding hydrogens is 542 g/mol. The van der Waals surface area contributed by atoms with Crippen molar-refractivity contribution in [2.45, 2.75) is 245 Å². The molecule has 1 N–H and O–H groups in total. The molecule has 0 rings (SSSR count). The molecule has 0 bridgehead atoms. The van der Waals surface area contributed by atoms with Gasteiger partial charge < -0.3 is 5.32 Å². The molecule has 0 amide bonds. The number of hydrogen-bond acceptors (Lipinski definition) is 1. The molecule has 0 aliphatic heterocycles. The van der Waals surface area contributed by atoms with Crippen LogP contribution in [-0.2, 0) is 0 Å². The van der Waals surface area contributed by atoms with E-state index >= 15 is 0 Å². The molecule has 0 heterocycles. The van der Waals surface area contributed by atoms with Gasteiger partial charge in [0.2, 0.25) is 0 Å². The van der Waals surface area contributed by atoms with Crippen LogP contribution in [0.5, 0.6) is 0 Å². The fourth-order valence-corrected chi connectivity index (χ4v) is 6.46. The monoisotopic (exact) mass is 628 g/mol. The molecule has 0 saturated heterocycles. The second-order valence-electron chi connectivity index (χ2n) is 14.3. The lowest BCUT2D eigenvalue weighted by Gasteiger charge is -2.18. The summed E-state index contributed by atoms with van der Waals surface area (Å²) < 4.78 is 0. The second kappa shape index (κ2) is 39.2. The lowest BCUT2D eigenvalue weighted by atomic mass is 10.0. The Morgan fingerprint density at radius 3 is 1.09 bits per heavy atom. The van der Waals surface area contributed by atoms with Gasteiger partial charge in [-0.1, -0.05) is 206 Å². The van der Waals surface area contributed by atoms with E-state index in [-0.39, 0.29) is 0 Å². The third-order valence-electron chi connectivity index (χ3n) is 9.70. The molecule has 0 unspecified atom stereocenters. The Morgan fingerprint density at radius 2 is 0.733 bits per heavy atom. The Hall–Kier alpha value is -0.980. The van der Waals surface area contributed by atoms with Gasteiger partial charge in [-0.25, -0.2) is 0 Å². The molecule has 0 spiro atoms. The molecule has 0 aliphatic carbocycles. The fraction of sp³-hybridized carbons (Fsp3) is 0.864. The second-order valence-corrected chi connectivity index (χ2v) is 14.3. The van der Waals surface area contributed by atoms with Crippen molar-refractivity contribution >= 4 is 0 Å². The first-order valence-electron chi connectivity index (χ1n) is 21.0. The quantitative estimate of drug-likeness (QED) is 0.0530. The molecule has 266 valence electrons. The van der Waals surface area contributed by atoms with Gasteiger partial charge in [0.15, 0.2) is 0 Å². The lowest BCUT2D eigenvalue weighted by molar-refractivity contribution is 0.522. The van der Waals surface area contributed by atoms with Crippen LogP contribution < -0.4 is 5.32 Å². The third kappa shape index (κ3) is 37.4. The first-order valence-corrected chi connectivity index (χ1v) is 21.0. The van der Waals surface area contributed by atoms with Gasteiger partial charge in [-0.2, -0.15) is 0 Å². The number of nitrogens with one attached hydrogen (secondary N) is 1. The Labute approximate surface area is 286 Å². The Balaban J connectivity index is 3.44. The van der Waals surface area contributed by atoms with E-state index in [4.69, 9.17) is 0 Å². The van der Waals surface area contributed by atoms with Gasteiger partial charge in [-0.05, 0) is 64.2 Å². The van der Waals surface area contributed by atoms with Gasteiger partial charge in [0.1, 0.15) is 0 Å². The van der Waals surface area contributed by atoms with Gasteiger partial charge >= 0.3 is 0 Å². The molecule has 0 aromatic rings. The van der Waals surface area contributed by atoms with E-state index in [0.29, 0.717) is 6.04 Å². The van der Waals surface area contributed by atoms with Crippen molar-refractivity contribution < 1.29 is 0 Å². The zero-order valence-electron chi connectivity index (χ0n) is 31.6. The smallest absolute Gasteiger partial charge is 0.0289 e. The van der Waals surface area contributed by atoms with Crippen molar-refractivity contribution in [3.63, 3.8) is 0 Å². The van der Waals surface area contributed by atoms with E-state index < -0.39 is 0 Å². The zero-order valence-corrected chi connectivity index (χ0v) is 31.6. The number of rotatable bonds is 38. The van der Waals surface area contributed by atoms with Crippen molar-refractivity contribution in [3.05, 3.63) is 36.6 Å². The number of unbranched alkanes of at least 4 members (excludes halogenated alkanes) is 28. The average molecular weight is 628 g/mol. The van der Waals surface area contributed by atoms with Crippen molar-refractivity contribution in [3.8, 4) is 0 Å². The predicted molar refractivity (Wildman–Crippen MR) is 208 cm³/mol. The first kappa shape index (κ1) is 44.0. The molecule has 0 fully saturated rings. The maximum Gasteiger partial charge on any atom is 0.0289 e. The highest BCUT2D eigenvalue weighted by Crippen LogP contribution is 2.16. The zero-order chi connectivity index (χ0) is 32.7. The van der Waals surface area contributed by atoms with E-state index in [0.717, 1.165) is 12.8 Å². The van der Waals surface area contributed by atoms with Crippen LogP contribution in [0.25, 0.3) is 0 Å². The summed E-state index contributed by atoms with van der Waals surface area (Å²) in [6.45, 7) is 11.2. The molecule has 0 saturated carbocycles. The minimum Gasteiger partial charge on any atom is -0.386 e. The van der Waals surface area contributed by atoms with E-state index in [9.17, 15) is 0 Å². The van der Waals surface area contributed by atoms with Crippen LogP contribution in [0.4, 0.5) is 0 Å². The van der Waals surface area contributed by atoms with Gasteiger partial charge in [0, 0.05) is 11.7 Å². The number of allylic oxidation sites excluding steroid dienone is 4. The van der Waals surface area contributed by atoms with Crippen molar-refractivity contribution in [2.75, 3.05) is 0 Å². The molecule has 0 aliphatic rings. The third-order valence-corrected chi connectivity index (χ3v) is 9.70. The van der Waals surface area contributed by atoms with E-state index in [1.807, 2.05) is 0 Å². The Kier molecular flexibility index (Phi) is 38.3. The summed E-state index contributed by atoms with van der Waals surface area (Å²) in [5.41, 5.74) is 1.26. The van der Waals surface area contributed by atoms with E-state index in [2.05, 4.69) is 57.0 Å². The predicted octanol–water partition coefficient (Wildman–Crippen LogP) is 15.9. The topological polar surface area (TPSA) is 12.0 Å². The van der Waals surface area contributed by atoms with Crippen molar-refractivity contribution in [1.29, 1.82) is 0 Å². The van der Waals surface area contributed by atoms with Gasteiger partial charge in [0.25, 0.3) is 0 Å². The summed E-state index contributed by atoms with van der Waals surface area (Å²) >= 11 is 0. The molecule has 45 heavy (non-hydrogen) atoms. The minimum absolute atomic E-state index is 0.553. The standard InChI is InChI=1S/C44H85N/c1-5-8-10-12-14-16-18-20-22-23-24-25-26-27-28-29-31-33-35-37-39-41-43(4)45-44(7-3)42-40-38-36-34-32-30-21-19-17-15-13-11-9-6-2/h20,22,38,40,44-45H,4-19,21,23-37,39,41-42H2,1-3H3/b22-20-,40-38+/t44-/m0/s1. The Bertz CT molecular complexity index is 616. The molecular formula is C44H85N. The molecule has 0 aromatic carbocycles. The van der Waals surface area contributed by atoms with Gasteiger partial charge in [0.05, 0.1) is 0 Å². The molecule has 0 radical (unpaired) electrons. The van der Waals surface area contributed by atoms with Crippen LogP contribution in [0.2, 0.25) is 0 Å². The molecule has 0 aromatic heterocycles. The summed E-state index contributed by atoms with van der Waals surface area (Å²) in [5, 5.41) is 3.73. The molecule has 1 atom stereocenters. The van der Waals surface area contributed by atoms with Crippen molar-refractivity contribution in [1.82, 2.24) is 5.32 Å². The summed E-state index contributed by atoms with van der Waals surface area (Å²) in [7, 11) is 0. The largest absolute Gasteiger partial charge is 0.386 e. The fourth-order valence-electron chi connectivity index (χ4n) is 6.46. The van der Waals surface area contributed by atoms with Crippen LogP contribution in [0.1, 0.15) is 239 Å². The summed E-state index contributed by atoms with van der Waals surface area (Å²) in [4.78, 5) is 0. The maximum absolute atomic E-state index is 4.34. The highest BCUT2D eigenvalue weighted by atomic mass is 14.9. The number of hydrogen-bond donors (Lipinski definition) is 1. The molecule has 1 nitrogen and oxygen atoms in total. The molecule has 1 heteroatoms. The summed E-state index contributed by atoms with van der Waals surface area (Å²) in [5.74, 6) is 0. The highest BCUT2D eigenvalue weighted by Gasteiger charge is 2.05. The lowest BCUT2D eigenvalue weighted by Crippen LogP contribution is -2.26. The highest BCUT2D eigenvalue weighted by molar-refractivity contribution is 4.96. The summed E-state index contributed by atoms with van der Waals surface area (Å²) in [6.07, 6.45) is 56.7. The Morgan fingerprint density at radius 1 is 0.422 bits per heavy atom. The van der Waals surface area contributed by atoms with E-state index in [1.54, 1.807) is 0 Å². The van der Waals surface area contributed by atoms with Crippen LogP contribution in [0.15, 0.2) is 36.6 Å². The first-order chi connectivity index (χ1) is 22.2. The van der Waals surface area contributed by atoms with Gasteiger partial charge in [-0.3, -0.25) is 0 Å². The van der Waals surface area contributed by atoms with E-state index in [1.165, 1.54) is 211 Å². The van der Waals surface area contributed by atoms with Crippen LogP contribution in [0, 0.1) is 0 Å². The van der Waals surface area contributed by atoms with Gasteiger partial charge in [-0.15, -0.1) is 0 Å². The van der Waals surface area contributed by atoms with Crippen molar-refractivity contribution in [2.24, 2.45) is 0 Å². The van der Waals surface area contributed by atoms with Crippen LogP contribution in [0.3, 0.4) is 0 Å². The summed E-state index contributed by atoms with van der Waals surface area (Å²) in [6, 6.07) is 0.553. The van der Waals surface area contributed by atoms with Crippen LogP contribution in [-0.4, -0.2) is 6.04 Å². The minimum atomic E-state index is 0.553. The normalized spacial score (nSPS) is 12.5. The average Bonchev–Trinajstić information content (AvgIpc) is 3.05. The SMILES string of the molecule is C=C(CCCCCCCCCCCCC/C=C\CCCCCCCC)N[C@@H](CC)C/C=C/CCCCCCCCCCCCC.